The van der Waals surface area contributed by atoms with Gasteiger partial charge in [0.1, 0.15) is 12.6 Å². The van der Waals surface area contributed by atoms with Gasteiger partial charge in [0.25, 0.3) is 5.91 Å². The summed E-state index contributed by atoms with van der Waals surface area (Å²) in [5.74, 6) is -3.86. The molecule has 2 aliphatic rings. The summed E-state index contributed by atoms with van der Waals surface area (Å²) in [5, 5.41) is 12.8. The summed E-state index contributed by atoms with van der Waals surface area (Å²) < 4.78 is 45.7. The van der Waals surface area contributed by atoms with Crippen LogP contribution in [0.15, 0.2) is 48.5 Å². The van der Waals surface area contributed by atoms with E-state index < -0.39 is 42.1 Å². The zero-order valence-electron chi connectivity index (χ0n) is 18.0. The molecule has 4 rings (SSSR count). The van der Waals surface area contributed by atoms with E-state index in [1.54, 1.807) is 5.32 Å². The minimum atomic E-state index is -5.14. The number of benzene rings is 2. The number of ether oxygens (including phenoxy) is 1. The summed E-state index contributed by atoms with van der Waals surface area (Å²) in [6.45, 7) is -0.230. The fraction of sp³-hybridized carbons (Fsp3) is 0.375. The lowest BCUT2D eigenvalue weighted by atomic mass is 9.79. The maximum absolute atomic E-state index is 13.5. The van der Waals surface area contributed by atoms with Crippen LogP contribution in [0.3, 0.4) is 0 Å². The molecule has 2 aromatic carbocycles. The van der Waals surface area contributed by atoms with Crippen LogP contribution in [-0.2, 0) is 14.3 Å². The monoisotopic (exact) mass is 476 g/mol. The fourth-order valence-corrected chi connectivity index (χ4v) is 4.44. The number of aliphatic carboxylic acids is 1. The van der Waals surface area contributed by atoms with Gasteiger partial charge in [0, 0.05) is 5.92 Å². The zero-order valence-corrected chi connectivity index (χ0v) is 18.0. The van der Waals surface area contributed by atoms with Crippen molar-refractivity contribution in [1.82, 2.24) is 10.6 Å². The molecular weight excluding hydrogens is 453 g/mol. The Bertz CT molecular complexity index is 1050. The van der Waals surface area contributed by atoms with Gasteiger partial charge in [0.05, 0.1) is 0 Å². The molecule has 0 bridgehead atoms. The lowest BCUT2D eigenvalue weighted by Gasteiger charge is -2.32. The normalized spacial score (nSPS) is 17.0. The highest BCUT2D eigenvalue weighted by Gasteiger charge is 2.48. The average molecular weight is 476 g/mol. The summed E-state index contributed by atoms with van der Waals surface area (Å²) in [5.41, 5.74) is 3.67. The molecule has 180 valence electrons. The molecule has 1 fully saturated rings. The quantitative estimate of drug-likeness (QED) is 0.564. The van der Waals surface area contributed by atoms with E-state index in [2.05, 4.69) is 0 Å². The first-order chi connectivity index (χ1) is 16.2. The highest BCUT2D eigenvalue weighted by atomic mass is 19.4. The molecule has 7 nitrogen and oxygen atoms in total. The Kier molecular flexibility index (Phi) is 6.49. The topological polar surface area (TPSA) is 105 Å². The lowest BCUT2D eigenvalue weighted by Crippen LogP contribution is -2.59. The van der Waals surface area contributed by atoms with Crippen molar-refractivity contribution in [3.8, 4) is 11.1 Å². The second kappa shape index (κ2) is 9.36. The van der Waals surface area contributed by atoms with E-state index in [0.29, 0.717) is 12.8 Å². The van der Waals surface area contributed by atoms with Gasteiger partial charge in [-0.3, -0.25) is 4.79 Å². The molecule has 0 saturated heterocycles. The van der Waals surface area contributed by atoms with Gasteiger partial charge in [-0.15, -0.1) is 0 Å². The first kappa shape index (κ1) is 23.6. The molecule has 34 heavy (non-hydrogen) atoms. The average Bonchev–Trinajstić information content (AvgIpc) is 3.07. The molecular formula is C24H23F3N2O5. The molecule has 0 aromatic heterocycles. The van der Waals surface area contributed by atoms with Crippen LogP contribution >= 0.6 is 0 Å². The molecule has 2 aliphatic carbocycles. The minimum Gasteiger partial charge on any atom is -0.480 e. The molecule has 2 unspecified atom stereocenters. The van der Waals surface area contributed by atoms with E-state index in [0.717, 1.165) is 28.7 Å². The third kappa shape index (κ3) is 4.71. The van der Waals surface area contributed by atoms with Gasteiger partial charge in [-0.05, 0) is 41.0 Å². The molecule has 1 saturated carbocycles. The van der Waals surface area contributed by atoms with Crippen LogP contribution in [0.5, 0.6) is 0 Å². The lowest BCUT2D eigenvalue weighted by molar-refractivity contribution is -0.170. The van der Waals surface area contributed by atoms with Crippen molar-refractivity contribution in [2.75, 3.05) is 6.61 Å². The summed E-state index contributed by atoms with van der Waals surface area (Å²) in [7, 11) is 0. The second-order valence-electron chi connectivity index (χ2n) is 8.46. The summed E-state index contributed by atoms with van der Waals surface area (Å²) in [6, 6.07) is 10.5. The van der Waals surface area contributed by atoms with Crippen LogP contribution in [-0.4, -0.2) is 47.9 Å². The van der Waals surface area contributed by atoms with Crippen LogP contribution in [0.25, 0.3) is 11.1 Å². The zero-order chi connectivity index (χ0) is 24.5. The molecule has 0 radical (unpaired) electrons. The highest BCUT2D eigenvalue weighted by Crippen LogP contribution is 2.44. The third-order valence-corrected chi connectivity index (χ3v) is 6.38. The van der Waals surface area contributed by atoms with Gasteiger partial charge < -0.3 is 20.5 Å². The third-order valence-electron chi connectivity index (χ3n) is 6.38. The molecule has 10 heteroatoms. The summed E-state index contributed by atoms with van der Waals surface area (Å²) in [6.07, 6.45) is -4.83. The Balaban J connectivity index is 1.43. The molecule has 2 amide bonds. The van der Waals surface area contributed by atoms with E-state index in [1.165, 1.54) is 0 Å². The van der Waals surface area contributed by atoms with E-state index in [9.17, 15) is 32.7 Å². The summed E-state index contributed by atoms with van der Waals surface area (Å²) >= 11 is 0. The Morgan fingerprint density at radius 1 is 0.971 bits per heavy atom. The first-order valence-corrected chi connectivity index (χ1v) is 10.9. The number of carboxylic acid groups (broad SMARTS) is 1. The standard InChI is InChI=1S/C24H23F3N2O5/c25-24(26,27)20(21(30)28-19(22(31)32)13-6-5-7-13)29-23(33)34-12-18-16-10-3-1-8-14(16)15-9-2-4-11-17(15)18/h1-4,8-11,13,18-20H,5-7,12H2,(H,28,30)(H,29,33)(H,31,32). The first-order valence-electron chi connectivity index (χ1n) is 10.9. The van der Waals surface area contributed by atoms with Crippen molar-refractivity contribution in [2.45, 2.75) is 43.4 Å². The number of fused-ring (bicyclic) bond motifs is 3. The van der Waals surface area contributed by atoms with E-state index in [1.807, 2.05) is 53.8 Å². The number of carboxylic acids is 1. The number of amides is 2. The fourth-order valence-electron chi connectivity index (χ4n) is 4.44. The van der Waals surface area contributed by atoms with Crippen LogP contribution in [0.2, 0.25) is 0 Å². The van der Waals surface area contributed by atoms with E-state index in [-0.39, 0.29) is 12.5 Å². The molecule has 2 atom stereocenters. The van der Waals surface area contributed by atoms with E-state index in [4.69, 9.17) is 4.74 Å². The number of rotatable bonds is 7. The maximum atomic E-state index is 13.5. The van der Waals surface area contributed by atoms with Crippen LogP contribution in [0.4, 0.5) is 18.0 Å². The molecule has 0 aliphatic heterocycles. The van der Waals surface area contributed by atoms with Crippen LogP contribution in [0.1, 0.15) is 36.3 Å². The number of hydrogen-bond donors (Lipinski definition) is 3. The molecule has 3 N–H and O–H groups in total. The molecule has 0 heterocycles. The largest absolute Gasteiger partial charge is 0.480 e. The van der Waals surface area contributed by atoms with Crippen LogP contribution < -0.4 is 10.6 Å². The van der Waals surface area contributed by atoms with Crippen molar-refractivity contribution in [2.24, 2.45) is 5.92 Å². The molecule has 0 spiro atoms. The summed E-state index contributed by atoms with van der Waals surface area (Å²) in [4.78, 5) is 36.0. The van der Waals surface area contributed by atoms with Gasteiger partial charge in [-0.1, -0.05) is 55.0 Å². The Labute approximate surface area is 193 Å². The number of alkyl halides is 3. The van der Waals surface area contributed by atoms with Gasteiger partial charge >= 0.3 is 18.2 Å². The highest BCUT2D eigenvalue weighted by molar-refractivity contribution is 5.90. The number of carbonyl (C=O) groups is 3. The second-order valence-corrected chi connectivity index (χ2v) is 8.46. The number of hydrogen-bond acceptors (Lipinski definition) is 4. The number of carbonyl (C=O) groups excluding carboxylic acids is 2. The van der Waals surface area contributed by atoms with Gasteiger partial charge in [-0.25, -0.2) is 9.59 Å². The Hall–Kier alpha value is -3.56. The van der Waals surface area contributed by atoms with E-state index >= 15 is 0 Å². The van der Waals surface area contributed by atoms with Crippen molar-refractivity contribution >= 4 is 18.0 Å². The predicted molar refractivity (Wildman–Crippen MR) is 115 cm³/mol. The minimum absolute atomic E-state index is 0.230. The van der Waals surface area contributed by atoms with Crippen molar-refractivity contribution in [3.05, 3.63) is 59.7 Å². The SMILES string of the molecule is O=C(NC(C(=O)NC(C(=O)O)C1CCC1)C(F)(F)F)OCC1c2ccccc2-c2ccccc21. The molecule has 2 aromatic rings. The Morgan fingerprint density at radius 2 is 1.53 bits per heavy atom. The van der Waals surface area contributed by atoms with Gasteiger partial charge in [0.15, 0.2) is 0 Å². The number of alkyl carbamates (subject to hydrolysis) is 1. The Morgan fingerprint density at radius 3 is 2.00 bits per heavy atom. The smallest absolute Gasteiger partial charge is 0.417 e. The number of halogens is 3. The number of nitrogens with one attached hydrogen (secondary N) is 2. The maximum Gasteiger partial charge on any atom is 0.417 e. The van der Waals surface area contributed by atoms with Gasteiger partial charge in [0.2, 0.25) is 6.04 Å². The predicted octanol–water partition coefficient (Wildman–Crippen LogP) is 3.83. The van der Waals surface area contributed by atoms with Crippen LogP contribution in [0, 0.1) is 5.92 Å². The van der Waals surface area contributed by atoms with Gasteiger partial charge in [-0.2, -0.15) is 13.2 Å². The van der Waals surface area contributed by atoms with Crippen molar-refractivity contribution < 1.29 is 37.4 Å². The van der Waals surface area contributed by atoms with Crippen molar-refractivity contribution in [1.29, 1.82) is 0 Å². The van der Waals surface area contributed by atoms with Crippen molar-refractivity contribution in [3.63, 3.8) is 0 Å².